The van der Waals surface area contributed by atoms with Crippen LogP contribution < -0.4 is 4.90 Å². The highest BCUT2D eigenvalue weighted by Gasteiger charge is 2.23. The first-order valence-corrected chi connectivity index (χ1v) is 18.0. The van der Waals surface area contributed by atoms with Gasteiger partial charge in [-0.25, -0.2) is 0 Å². The fourth-order valence-corrected chi connectivity index (χ4v) is 7.84. The molecular formula is C50H39N. The Morgan fingerprint density at radius 1 is 0.451 bits per heavy atom. The van der Waals surface area contributed by atoms with E-state index in [9.17, 15) is 0 Å². The van der Waals surface area contributed by atoms with Crippen molar-refractivity contribution in [3.63, 3.8) is 0 Å². The molecule has 0 saturated heterocycles. The monoisotopic (exact) mass is 653 g/mol. The van der Waals surface area contributed by atoms with Gasteiger partial charge in [-0.2, -0.15) is 0 Å². The maximum absolute atomic E-state index is 2.42. The fourth-order valence-electron chi connectivity index (χ4n) is 7.84. The maximum atomic E-state index is 2.42. The largest absolute Gasteiger partial charge is 0.310 e. The average Bonchev–Trinajstić information content (AvgIpc) is 3.58. The molecule has 1 atom stereocenters. The number of rotatable bonds is 7. The van der Waals surface area contributed by atoms with Crippen molar-refractivity contribution in [1.29, 1.82) is 0 Å². The molecule has 2 aliphatic rings. The van der Waals surface area contributed by atoms with Crippen LogP contribution in [0.5, 0.6) is 0 Å². The summed E-state index contributed by atoms with van der Waals surface area (Å²) < 4.78 is 0. The van der Waals surface area contributed by atoms with Gasteiger partial charge in [0.15, 0.2) is 0 Å². The Hall–Kier alpha value is -6.18. The summed E-state index contributed by atoms with van der Waals surface area (Å²) in [5.74, 6) is 0.551. The van der Waals surface area contributed by atoms with Gasteiger partial charge < -0.3 is 4.90 Å². The van der Waals surface area contributed by atoms with Gasteiger partial charge in [0.05, 0.1) is 0 Å². The standard InChI is InChI=1S/C50H39N/c1-35-12-10-18-40(30-35)39-24-28-46(29-25-39)51(45-26-22-38(23-27-45)36-13-4-2-5-14-36)47-33-43(37-15-6-3-7-16-37)32-44(34-47)49-21-11-19-42-31-41-17-8-9-20-48(41)50(42)49/h2-11,13-30,32-35H,12,31H2,1H3. The number of allylic oxidation sites excluding steroid dienone is 4. The van der Waals surface area contributed by atoms with Crippen molar-refractivity contribution in [2.24, 2.45) is 5.92 Å². The summed E-state index contributed by atoms with van der Waals surface area (Å²) in [5, 5.41) is 0. The molecule has 0 saturated carbocycles. The van der Waals surface area contributed by atoms with Gasteiger partial charge in [-0.1, -0.05) is 153 Å². The molecule has 0 bridgehead atoms. The SMILES string of the molecule is CC1C=C(c2ccc(N(c3ccc(-c4ccccc4)cc3)c3cc(-c4ccccc4)cc(-c4cccc5c4-c4ccccc4C5)c3)cc2)C=CC1. The van der Waals surface area contributed by atoms with E-state index in [0.29, 0.717) is 5.92 Å². The summed E-state index contributed by atoms with van der Waals surface area (Å²) in [6.45, 7) is 2.29. The summed E-state index contributed by atoms with van der Waals surface area (Å²) in [6.07, 6.45) is 9.03. The first-order valence-electron chi connectivity index (χ1n) is 18.0. The Balaban J connectivity index is 1.23. The lowest BCUT2D eigenvalue weighted by Gasteiger charge is -2.27. The van der Waals surface area contributed by atoms with Crippen LogP contribution in [0.2, 0.25) is 0 Å². The second-order valence-electron chi connectivity index (χ2n) is 13.8. The highest BCUT2D eigenvalue weighted by Crippen LogP contribution is 2.46. The molecule has 7 aromatic rings. The van der Waals surface area contributed by atoms with E-state index in [1.807, 2.05) is 0 Å². The van der Waals surface area contributed by atoms with Crippen molar-refractivity contribution in [3.8, 4) is 44.5 Å². The number of hydrogen-bond acceptors (Lipinski definition) is 1. The second kappa shape index (κ2) is 13.3. The maximum Gasteiger partial charge on any atom is 0.0473 e. The smallest absolute Gasteiger partial charge is 0.0473 e. The minimum absolute atomic E-state index is 0.551. The first kappa shape index (κ1) is 30.8. The Morgan fingerprint density at radius 3 is 1.73 bits per heavy atom. The number of anilines is 3. The Bertz CT molecular complexity index is 2400. The molecule has 2 aliphatic carbocycles. The van der Waals surface area contributed by atoms with Crippen LogP contribution in [0, 0.1) is 5.92 Å². The Morgan fingerprint density at radius 2 is 1.02 bits per heavy atom. The molecule has 0 spiro atoms. The highest BCUT2D eigenvalue weighted by molar-refractivity contribution is 5.94. The van der Waals surface area contributed by atoms with Gasteiger partial charge in [-0.3, -0.25) is 0 Å². The topological polar surface area (TPSA) is 3.24 Å². The quantitative estimate of drug-likeness (QED) is 0.165. The molecule has 7 aromatic carbocycles. The molecule has 0 fully saturated rings. The highest BCUT2D eigenvalue weighted by atomic mass is 15.1. The van der Waals surface area contributed by atoms with Crippen molar-refractivity contribution < 1.29 is 0 Å². The van der Waals surface area contributed by atoms with Gasteiger partial charge in [-0.05, 0) is 128 Å². The van der Waals surface area contributed by atoms with Gasteiger partial charge >= 0.3 is 0 Å². The number of fused-ring (bicyclic) bond motifs is 3. The van der Waals surface area contributed by atoms with E-state index in [2.05, 4.69) is 200 Å². The normalized spacial score (nSPS) is 14.5. The number of benzene rings is 7. The van der Waals surface area contributed by atoms with Crippen molar-refractivity contribution in [3.05, 3.63) is 205 Å². The lowest BCUT2D eigenvalue weighted by Crippen LogP contribution is -2.10. The molecule has 0 radical (unpaired) electrons. The van der Waals surface area contributed by atoms with E-state index < -0.39 is 0 Å². The summed E-state index contributed by atoms with van der Waals surface area (Å²) in [6, 6.07) is 62.3. The molecule has 0 amide bonds. The van der Waals surface area contributed by atoms with Crippen LogP contribution in [0.1, 0.15) is 30.0 Å². The van der Waals surface area contributed by atoms with Crippen LogP contribution in [0.25, 0.3) is 50.1 Å². The van der Waals surface area contributed by atoms with Crippen molar-refractivity contribution in [2.75, 3.05) is 4.90 Å². The summed E-state index contributed by atoms with van der Waals surface area (Å²) in [5.41, 5.74) is 18.7. The van der Waals surface area contributed by atoms with Gasteiger partial charge in [0.2, 0.25) is 0 Å². The van der Waals surface area contributed by atoms with Crippen molar-refractivity contribution >= 4 is 22.6 Å². The Kier molecular flexibility index (Phi) is 8.02. The Labute approximate surface area is 301 Å². The third-order valence-electron chi connectivity index (χ3n) is 10.4. The predicted octanol–water partition coefficient (Wildman–Crippen LogP) is 13.7. The van der Waals surface area contributed by atoms with E-state index in [1.165, 1.54) is 66.8 Å². The van der Waals surface area contributed by atoms with E-state index in [0.717, 1.165) is 29.9 Å². The zero-order valence-corrected chi connectivity index (χ0v) is 28.8. The van der Waals surface area contributed by atoms with Crippen LogP contribution >= 0.6 is 0 Å². The van der Waals surface area contributed by atoms with Crippen LogP contribution in [0.4, 0.5) is 17.1 Å². The van der Waals surface area contributed by atoms with Gasteiger partial charge in [0, 0.05) is 17.1 Å². The molecule has 0 heterocycles. The molecule has 244 valence electrons. The number of hydrogen-bond donors (Lipinski definition) is 0. The van der Waals surface area contributed by atoms with E-state index in [1.54, 1.807) is 0 Å². The van der Waals surface area contributed by atoms with Crippen LogP contribution in [-0.4, -0.2) is 0 Å². The number of nitrogens with zero attached hydrogens (tertiary/aromatic N) is 1. The average molecular weight is 654 g/mol. The van der Waals surface area contributed by atoms with Gasteiger partial charge in [-0.15, -0.1) is 0 Å². The molecule has 1 nitrogen and oxygen atoms in total. The molecule has 0 aromatic heterocycles. The van der Waals surface area contributed by atoms with Crippen molar-refractivity contribution in [1.82, 2.24) is 0 Å². The lowest BCUT2D eigenvalue weighted by molar-refractivity contribution is 0.740. The molecule has 0 N–H and O–H groups in total. The van der Waals surface area contributed by atoms with Gasteiger partial charge in [0.1, 0.15) is 0 Å². The molecule has 9 rings (SSSR count). The van der Waals surface area contributed by atoms with Crippen LogP contribution in [-0.2, 0) is 6.42 Å². The first-order chi connectivity index (χ1) is 25.2. The molecule has 0 aliphatic heterocycles. The van der Waals surface area contributed by atoms with Crippen LogP contribution in [0.15, 0.2) is 188 Å². The molecule has 1 heteroatoms. The third kappa shape index (κ3) is 6.02. The zero-order chi connectivity index (χ0) is 34.1. The van der Waals surface area contributed by atoms with E-state index >= 15 is 0 Å². The fraction of sp³-hybridized carbons (Fsp3) is 0.0800. The molecule has 51 heavy (non-hydrogen) atoms. The van der Waals surface area contributed by atoms with Gasteiger partial charge in [0.25, 0.3) is 0 Å². The minimum Gasteiger partial charge on any atom is -0.310 e. The van der Waals surface area contributed by atoms with E-state index in [4.69, 9.17) is 0 Å². The second-order valence-corrected chi connectivity index (χ2v) is 13.8. The third-order valence-corrected chi connectivity index (χ3v) is 10.4. The van der Waals surface area contributed by atoms with Crippen LogP contribution in [0.3, 0.4) is 0 Å². The minimum atomic E-state index is 0.551. The predicted molar refractivity (Wildman–Crippen MR) is 217 cm³/mol. The zero-order valence-electron chi connectivity index (χ0n) is 28.8. The van der Waals surface area contributed by atoms with Crippen molar-refractivity contribution in [2.45, 2.75) is 19.8 Å². The lowest BCUT2D eigenvalue weighted by atomic mass is 9.91. The molecular weight excluding hydrogens is 615 g/mol. The molecule has 1 unspecified atom stereocenters. The summed E-state index contributed by atoms with van der Waals surface area (Å²) in [4.78, 5) is 2.42. The van der Waals surface area contributed by atoms with E-state index in [-0.39, 0.29) is 0 Å². The summed E-state index contributed by atoms with van der Waals surface area (Å²) >= 11 is 0. The summed E-state index contributed by atoms with van der Waals surface area (Å²) in [7, 11) is 0.